The second-order valence-electron chi connectivity index (χ2n) is 9.52. The van der Waals surface area contributed by atoms with Crippen LogP contribution in [0.5, 0.6) is 0 Å². The Morgan fingerprint density at radius 3 is 2.48 bits per heavy atom. The van der Waals surface area contributed by atoms with Crippen molar-refractivity contribution in [3.63, 3.8) is 0 Å². The normalized spacial score (nSPS) is 25.4. The Labute approximate surface area is 188 Å². The van der Waals surface area contributed by atoms with Crippen LogP contribution >= 0.6 is 0 Å². The standard InChI is InChI=1S/C26H42N2O3/c1-5-30-23-11-15-26(4,16-12-23)28-17-13-22(14-18-28)27-24-19-20(3)7-8-21(24)9-10-25(29)31-6-2/h7-8,19,22-23,27H,5-6,9-18H2,1-4H3. The molecule has 0 bridgehead atoms. The van der Waals surface area contributed by atoms with E-state index in [2.05, 4.69) is 49.2 Å². The molecule has 174 valence electrons. The molecule has 1 N–H and O–H groups in total. The second kappa shape index (κ2) is 11.3. The lowest BCUT2D eigenvalue weighted by Crippen LogP contribution is -2.53. The van der Waals surface area contributed by atoms with E-state index in [1.165, 1.54) is 42.5 Å². The molecule has 0 atom stereocenters. The maximum Gasteiger partial charge on any atom is 0.306 e. The number of nitrogens with one attached hydrogen (secondary N) is 1. The Morgan fingerprint density at radius 2 is 1.84 bits per heavy atom. The van der Waals surface area contributed by atoms with Gasteiger partial charge in [-0.15, -0.1) is 0 Å². The summed E-state index contributed by atoms with van der Waals surface area (Å²) in [6.45, 7) is 12.1. The predicted molar refractivity (Wildman–Crippen MR) is 127 cm³/mol. The highest BCUT2D eigenvalue weighted by Gasteiger charge is 2.38. The molecule has 1 saturated heterocycles. The number of esters is 1. The van der Waals surface area contributed by atoms with E-state index in [0.29, 0.717) is 30.7 Å². The van der Waals surface area contributed by atoms with E-state index in [-0.39, 0.29) is 5.97 Å². The summed E-state index contributed by atoms with van der Waals surface area (Å²) < 4.78 is 11.0. The number of anilines is 1. The number of rotatable bonds is 9. The average Bonchev–Trinajstić information content (AvgIpc) is 2.76. The highest BCUT2D eigenvalue weighted by molar-refractivity contribution is 5.70. The Bertz CT molecular complexity index is 705. The molecule has 1 saturated carbocycles. The molecule has 5 nitrogen and oxygen atoms in total. The largest absolute Gasteiger partial charge is 0.466 e. The van der Waals surface area contributed by atoms with Gasteiger partial charge in [-0.3, -0.25) is 9.69 Å². The van der Waals surface area contributed by atoms with E-state index in [1.807, 2.05) is 6.92 Å². The summed E-state index contributed by atoms with van der Waals surface area (Å²) in [6.07, 6.45) is 8.81. The molecule has 0 amide bonds. The Hall–Kier alpha value is -1.59. The van der Waals surface area contributed by atoms with Crippen LogP contribution < -0.4 is 5.32 Å². The SMILES string of the molecule is CCOC(=O)CCc1ccc(C)cc1NC1CCN(C2(C)CCC(OCC)CC2)CC1. The van der Waals surface area contributed by atoms with Crippen molar-refractivity contribution in [2.75, 3.05) is 31.6 Å². The predicted octanol–water partition coefficient (Wildman–Crippen LogP) is 5.10. The first kappa shape index (κ1) is 24.1. The molecule has 31 heavy (non-hydrogen) atoms. The monoisotopic (exact) mass is 430 g/mol. The second-order valence-corrected chi connectivity index (χ2v) is 9.52. The topological polar surface area (TPSA) is 50.8 Å². The molecule has 0 spiro atoms. The van der Waals surface area contributed by atoms with E-state index in [1.54, 1.807) is 0 Å². The maximum atomic E-state index is 11.8. The average molecular weight is 431 g/mol. The van der Waals surface area contributed by atoms with Gasteiger partial charge < -0.3 is 14.8 Å². The van der Waals surface area contributed by atoms with Crippen LogP contribution in [0.3, 0.4) is 0 Å². The van der Waals surface area contributed by atoms with Crippen LogP contribution in [0.25, 0.3) is 0 Å². The van der Waals surface area contributed by atoms with Crippen molar-refractivity contribution >= 4 is 11.7 Å². The van der Waals surface area contributed by atoms with Gasteiger partial charge in [0.05, 0.1) is 12.7 Å². The molecule has 2 aliphatic rings. The minimum atomic E-state index is -0.116. The van der Waals surface area contributed by atoms with Crippen molar-refractivity contribution in [3.8, 4) is 0 Å². The molecule has 0 radical (unpaired) electrons. The van der Waals surface area contributed by atoms with Gasteiger partial charge in [0.1, 0.15) is 0 Å². The smallest absolute Gasteiger partial charge is 0.306 e. The van der Waals surface area contributed by atoms with Crippen molar-refractivity contribution in [1.29, 1.82) is 0 Å². The quantitative estimate of drug-likeness (QED) is 0.552. The summed E-state index contributed by atoms with van der Waals surface area (Å²) in [7, 11) is 0. The molecule has 2 fully saturated rings. The first-order valence-electron chi connectivity index (χ1n) is 12.3. The first-order valence-corrected chi connectivity index (χ1v) is 12.3. The van der Waals surface area contributed by atoms with Crippen molar-refractivity contribution in [3.05, 3.63) is 29.3 Å². The van der Waals surface area contributed by atoms with Gasteiger partial charge in [0.15, 0.2) is 0 Å². The van der Waals surface area contributed by atoms with Gasteiger partial charge in [0, 0.05) is 43.4 Å². The van der Waals surface area contributed by atoms with Crippen LogP contribution in [-0.4, -0.2) is 54.9 Å². The summed E-state index contributed by atoms with van der Waals surface area (Å²) in [5, 5.41) is 3.81. The molecule has 3 rings (SSSR count). The van der Waals surface area contributed by atoms with Crippen LogP contribution in [-0.2, 0) is 20.7 Å². The number of carbonyl (C=O) groups is 1. The zero-order valence-electron chi connectivity index (χ0n) is 20.0. The van der Waals surface area contributed by atoms with Crippen LogP contribution in [0.4, 0.5) is 5.69 Å². The Kier molecular flexibility index (Phi) is 8.79. The minimum Gasteiger partial charge on any atom is -0.466 e. The van der Waals surface area contributed by atoms with Gasteiger partial charge in [-0.05, 0) is 89.8 Å². The van der Waals surface area contributed by atoms with Gasteiger partial charge in [0.25, 0.3) is 0 Å². The van der Waals surface area contributed by atoms with Gasteiger partial charge in [-0.2, -0.15) is 0 Å². The highest BCUT2D eigenvalue weighted by atomic mass is 16.5. The Balaban J connectivity index is 1.53. The zero-order valence-corrected chi connectivity index (χ0v) is 20.0. The molecule has 1 aromatic rings. The van der Waals surface area contributed by atoms with Gasteiger partial charge in [-0.1, -0.05) is 12.1 Å². The van der Waals surface area contributed by atoms with Crippen molar-refractivity contribution in [1.82, 2.24) is 4.90 Å². The number of piperidine rings is 1. The fourth-order valence-electron chi connectivity index (χ4n) is 5.23. The molecular formula is C26H42N2O3. The third-order valence-corrected chi connectivity index (χ3v) is 7.20. The molecule has 1 aliphatic heterocycles. The number of aryl methyl sites for hydroxylation is 2. The number of hydrogen-bond acceptors (Lipinski definition) is 5. The van der Waals surface area contributed by atoms with E-state index >= 15 is 0 Å². The number of ether oxygens (including phenoxy) is 2. The molecule has 1 heterocycles. The molecule has 0 unspecified atom stereocenters. The van der Waals surface area contributed by atoms with Crippen LogP contribution in [0.15, 0.2) is 18.2 Å². The maximum absolute atomic E-state index is 11.8. The number of hydrogen-bond donors (Lipinski definition) is 1. The molecule has 1 aromatic carbocycles. The summed E-state index contributed by atoms with van der Waals surface area (Å²) >= 11 is 0. The van der Waals surface area contributed by atoms with E-state index < -0.39 is 0 Å². The van der Waals surface area contributed by atoms with E-state index in [9.17, 15) is 4.79 Å². The summed E-state index contributed by atoms with van der Waals surface area (Å²) in [4.78, 5) is 14.5. The van der Waals surface area contributed by atoms with Gasteiger partial charge in [-0.25, -0.2) is 0 Å². The lowest BCUT2D eigenvalue weighted by atomic mass is 9.79. The lowest BCUT2D eigenvalue weighted by molar-refractivity contribution is -0.143. The molecule has 1 aliphatic carbocycles. The summed E-state index contributed by atoms with van der Waals surface area (Å²) in [5.74, 6) is -0.116. The lowest BCUT2D eigenvalue weighted by Gasteiger charge is -2.48. The molecule has 5 heteroatoms. The minimum absolute atomic E-state index is 0.116. The summed E-state index contributed by atoms with van der Waals surface area (Å²) in [6, 6.07) is 7.00. The first-order chi connectivity index (χ1) is 14.9. The third kappa shape index (κ3) is 6.69. The number of carbonyl (C=O) groups excluding carboxylic acids is 1. The van der Waals surface area contributed by atoms with E-state index in [4.69, 9.17) is 9.47 Å². The fourth-order valence-corrected chi connectivity index (χ4v) is 5.23. The van der Waals surface area contributed by atoms with Crippen LogP contribution in [0, 0.1) is 6.92 Å². The molecular weight excluding hydrogens is 388 g/mol. The zero-order chi connectivity index (χ0) is 22.3. The number of nitrogens with zero attached hydrogens (tertiary/aromatic N) is 1. The van der Waals surface area contributed by atoms with Crippen molar-refractivity contribution in [2.24, 2.45) is 0 Å². The number of benzene rings is 1. The summed E-state index contributed by atoms with van der Waals surface area (Å²) in [5.41, 5.74) is 3.97. The van der Waals surface area contributed by atoms with Gasteiger partial charge in [0.2, 0.25) is 0 Å². The van der Waals surface area contributed by atoms with Crippen LogP contribution in [0.1, 0.15) is 76.8 Å². The van der Waals surface area contributed by atoms with Crippen LogP contribution in [0.2, 0.25) is 0 Å². The van der Waals surface area contributed by atoms with Crippen molar-refractivity contribution in [2.45, 2.75) is 96.7 Å². The third-order valence-electron chi connectivity index (χ3n) is 7.20. The Morgan fingerprint density at radius 1 is 1.13 bits per heavy atom. The van der Waals surface area contributed by atoms with E-state index in [0.717, 1.165) is 39.0 Å². The highest BCUT2D eigenvalue weighted by Crippen LogP contribution is 2.36. The van der Waals surface area contributed by atoms with Gasteiger partial charge >= 0.3 is 5.97 Å². The fraction of sp³-hybridized carbons (Fsp3) is 0.731. The molecule has 0 aromatic heterocycles. The number of likely N-dealkylation sites (tertiary alicyclic amines) is 1. The van der Waals surface area contributed by atoms with Crippen molar-refractivity contribution < 1.29 is 14.3 Å².